The number of nitro benzene ring substituents is 1. The topological polar surface area (TPSA) is 108 Å². The minimum Gasteiger partial charge on any atom is -0.492 e. The number of non-ortho nitro benzene ring substituents is 1. The molecule has 0 radical (unpaired) electrons. The number of nitro groups is 1. The maximum absolute atomic E-state index is 13.7. The van der Waals surface area contributed by atoms with Crippen LogP contribution in [0.2, 0.25) is 5.02 Å². The second kappa shape index (κ2) is 10.2. The van der Waals surface area contributed by atoms with Gasteiger partial charge >= 0.3 is 0 Å². The Hall–Kier alpha value is -4.24. The highest BCUT2D eigenvalue weighted by Crippen LogP contribution is 2.29. The van der Waals surface area contributed by atoms with Crippen molar-refractivity contribution in [2.75, 3.05) is 13.7 Å². The Balaban J connectivity index is 1.87. The van der Waals surface area contributed by atoms with Gasteiger partial charge in [0.1, 0.15) is 11.6 Å². The summed E-state index contributed by atoms with van der Waals surface area (Å²) in [6, 6.07) is 17.1. The van der Waals surface area contributed by atoms with E-state index < -0.39 is 16.9 Å². The quantitative estimate of drug-likeness (QED) is 0.252. The molecule has 184 valence electrons. The van der Waals surface area contributed by atoms with Crippen molar-refractivity contribution in [1.29, 1.82) is 0 Å². The summed E-state index contributed by atoms with van der Waals surface area (Å²) in [6.45, 7) is 3.99. The van der Waals surface area contributed by atoms with E-state index in [2.05, 4.69) is 0 Å². The fourth-order valence-corrected chi connectivity index (χ4v) is 4.17. The van der Waals surface area contributed by atoms with Gasteiger partial charge in [0.2, 0.25) is 0 Å². The van der Waals surface area contributed by atoms with Crippen molar-refractivity contribution in [2.45, 2.75) is 19.9 Å². The third-order valence-electron chi connectivity index (χ3n) is 5.88. The zero-order valence-electron chi connectivity index (χ0n) is 19.8. The Morgan fingerprint density at radius 2 is 1.86 bits per heavy atom. The first-order valence-electron chi connectivity index (χ1n) is 11.2. The Morgan fingerprint density at radius 3 is 2.56 bits per heavy atom. The lowest BCUT2D eigenvalue weighted by atomic mass is 10.1. The average Bonchev–Trinajstić information content (AvgIpc) is 2.88. The predicted molar refractivity (Wildman–Crippen MR) is 137 cm³/mol. The van der Waals surface area contributed by atoms with Gasteiger partial charge in [-0.2, -0.15) is 0 Å². The molecule has 4 aromatic rings. The van der Waals surface area contributed by atoms with E-state index in [0.29, 0.717) is 34.8 Å². The van der Waals surface area contributed by atoms with Gasteiger partial charge in [-0.05, 0) is 44.2 Å². The molecular formula is C26H23ClN4O5. The van der Waals surface area contributed by atoms with E-state index in [-0.39, 0.29) is 21.8 Å². The van der Waals surface area contributed by atoms with E-state index in [1.165, 1.54) is 21.6 Å². The average molecular weight is 507 g/mol. The van der Waals surface area contributed by atoms with Crippen molar-refractivity contribution < 1.29 is 14.5 Å². The van der Waals surface area contributed by atoms with Crippen molar-refractivity contribution in [3.05, 3.63) is 104 Å². The lowest BCUT2D eigenvalue weighted by Gasteiger charge is -2.27. The molecule has 0 N–H and O–H groups in total. The molecule has 0 saturated heterocycles. The van der Waals surface area contributed by atoms with Crippen LogP contribution < -0.4 is 10.3 Å². The summed E-state index contributed by atoms with van der Waals surface area (Å²) in [6.07, 6.45) is 0. The van der Waals surface area contributed by atoms with Crippen molar-refractivity contribution in [2.24, 2.45) is 0 Å². The van der Waals surface area contributed by atoms with Crippen LogP contribution in [0.1, 0.15) is 36.1 Å². The first-order valence-corrected chi connectivity index (χ1v) is 11.6. The molecule has 0 bridgehead atoms. The van der Waals surface area contributed by atoms with E-state index in [0.717, 1.165) is 6.07 Å². The third-order valence-corrected chi connectivity index (χ3v) is 6.19. The molecule has 3 aromatic carbocycles. The van der Waals surface area contributed by atoms with Crippen molar-refractivity contribution >= 4 is 34.1 Å². The first kappa shape index (κ1) is 24.9. The number of hydrogen-bond acceptors (Lipinski definition) is 6. The number of ether oxygens (including phenoxy) is 1. The number of fused-ring (bicyclic) bond motifs is 1. The monoisotopic (exact) mass is 506 g/mol. The van der Waals surface area contributed by atoms with Crippen LogP contribution in [-0.2, 0) is 0 Å². The SMILES string of the molecule is CCOc1ccccc1-n1c(C(C)N(C)C(=O)c2ccc([N+](=O)[O-])cc2Cl)nc2ccccc2c1=O. The van der Waals surface area contributed by atoms with Crippen LogP contribution in [0.3, 0.4) is 0 Å². The number of rotatable bonds is 7. The van der Waals surface area contributed by atoms with Crippen molar-refractivity contribution in [3.63, 3.8) is 0 Å². The third kappa shape index (κ3) is 4.52. The Kier molecular flexibility index (Phi) is 7.03. The second-order valence-electron chi connectivity index (χ2n) is 8.04. The van der Waals surface area contributed by atoms with Crippen molar-refractivity contribution in [1.82, 2.24) is 14.5 Å². The second-order valence-corrected chi connectivity index (χ2v) is 8.45. The molecular weight excluding hydrogens is 484 g/mol. The van der Waals surface area contributed by atoms with Gasteiger partial charge in [-0.3, -0.25) is 24.3 Å². The molecule has 9 nitrogen and oxygen atoms in total. The summed E-state index contributed by atoms with van der Waals surface area (Å²) in [4.78, 5) is 43.7. The smallest absolute Gasteiger partial charge is 0.270 e. The van der Waals surface area contributed by atoms with E-state index in [1.807, 2.05) is 13.0 Å². The van der Waals surface area contributed by atoms with E-state index in [4.69, 9.17) is 21.3 Å². The van der Waals surface area contributed by atoms with E-state index in [9.17, 15) is 19.7 Å². The van der Waals surface area contributed by atoms with E-state index >= 15 is 0 Å². The molecule has 0 spiro atoms. The number of nitrogens with zero attached hydrogens (tertiary/aromatic N) is 4. The molecule has 1 unspecified atom stereocenters. The molecule has 0 fully saturated rings. The van der Waals surface area contributed by atoms with Gasteiger partial charge < -0.3 is 9.64 Å². The fourth-order valence-electron chi connectivity index (χ4n) is 3.91. The lowest BCUT2D eigenvalue weighted by molar-refractivity contribution is -0.384. The van der Waals surface area contributed by atoms with Crippen molar-refractivity contribution in [3.8, 4) is 11.4 Å². The molecule has 1 aromatic heterocycles. The molecule has 0 aliphatic rings. The van der Waals surface area contributed by atoms with Gasteiger partial charge in [-0.1, -0.05) is 35.9 Å². The molecule has 0 aliphatic heterocycles. The van der Waals surface area contributed by atoms with Gasteiger partial charge in [0.25, 0.3) is 17.2 Å². The lowest BCUT2D eigenvalue weighted by Crippen LogP contribution is -2.35. The molecule has 1 atom stereocenters. The predicted octanol–water partition coefficient (Wildman–Crippen LogP) is 5.18. The van der Waals surface area contributed by atoms with Crippen LogP contribution >= 0.6 is 11.6 Å². The number of amides is 1. The summed E-state index contributed by atoms with van der Waals surface area (Å²) < 4.78 is 7.23. The molecule has 0 saturated carbocycles. The zero-order chi connectivity index (χ0) is 26.0. The van der Waals surface area contributed by atoms with Gasteiger partial charge in [0, 0.05) is 19.2 Å². The van der Waals surface area contributed by atoms with Crippen LogP contribution in [0.15, 0.2) is 71.5 Å². The Labute approximate surface area is 211 Å². The number of aromatic nitrogens is 2. The number of para-hydroxylation sites is 3. The van der Waals surface area contributed by atoms with E-state index in [1.54, 1.807) is 56.4 Å². The van der Waals surface area contributed by atoms with Crippen LogP contribution in [-0.4, -0.2) is 38.9 Å². The van der Waals surface area contributed by atoms with Crippen LogP contribution in [0.25, 0.3) is 16.6 Å². The van der Waals surface area contributed by atoms with Gasteiger partial charge in [-0.15, -0.1) is 0 Å². The summed E-state index contributed by atoms with van der Waals surface area (Å²) in [5.41, 5.74) is 0.567. The highest BCUT2D eigenvalue weighted by Gasteiger charge is 2.27. The minimum atomic E-state index is -0.684. The molecule has 0 aliphatic carbocycles. The highest BCUT2D eigenvalue weighted by molar-refractivity contribution is 6.34. The number of carbonyl (C=O) groups excluding carboxylic acids is 1. The van der Waals surface area contributed by atoms with Crippen LogP contribution in [0, 0.1) is 10.1 Å². The first-order chi connectivity index (χ1) is 17.2. The van der Waals surface area contributed by atoms with Gasteiger partial charge in [0.15, 0.2) is 0 Å². The summed E-state index contributed by atoms with van der Waals surface area (Å²) in [5.74, 6) is 0.342. The number of carbonyl (C=O) groups is 1. The maximum atomic E-state index is 13.7. The Morgan fingerprint density at radius 1 is 1.17 bits per heavy atom. The Bertz CT molecular complexity index is 1530. The molecule has 4 rings (SSSR count). The van der Waals surface area contributed by atoms with Gasteiger partial charge in [0.05, 0.1) is 44.7 Å². The molecule has 1 heterocycles. The van der Waals surface area contributed by atoms with Gasteiger partial charge in [-0.25, -0.2) is 4.98 Å². The largest absolute Gasteiger partial charge is 0.492 e. The molecule has 36 heavy (non-hydrogen) atoms. The van der Waals surface area contributed by atoms with Crippen LogP contribution in [0.4, 0.5) is 5.69 Å². The normalized spacial score (nSPS) is 11.8. The summed E-state index contributed by atoms with van der Waals surface area (Å²) in [5, 5.41) is 11.4. The number of hydrogen-bond donors (Lipinski definition) is 0. The molecule has 1 amide bonds. The van der Waals surface area contributed by atoms with Crippen LogP contribution in [0.5, 0.6) is 5.75 Å². The fraction of sp³-hybridized carbons (Fsp3) is 0.192. The maximum Gasteiger partial charge on any atom is 0.270 e. The standard InChI is InChI=1S/C26H23ClN4O5/c1-4-36-23-12-8-7-11-22(23)30-24(28-21-10-6-5-9-19(21)26(30)33)16(2)29(3)25(32)18-14-13-17(31(34)35)15-20(18)27/h5-16H,4H2,1-3H3. The number of benzene rings is 3. The molecule has 10 heteroatoms. The zero-order valence-corrected chi connectivity index (χ0v) is 20.6. The number of halogens is 1. The summed E-state index contributed by atoms with van der Waals surface area (Å²) in [7, 11) is 1.56. The highest BCUT2D eigenvalue weighted by atomic mass is 35.5. The minimum absolute atomic E-state index is 0.0428. The summed E-state index contributed by atoms with van der Waals surface area (Å²) >= 11 is 6.21.